The Morgan fingerprint density at radius 3 is 2.62 bits per heavy atom. The van der Waals surface area contributed by atoms with Crippen molar-refractivity contribution in [3.05, 3.63) is 29.8 Å². The molecule has 0 aromatic heterocycles. The van der Waals surface area contributed by atoms with Crippen molar-refractivity contribution in [2.24, 2.45) is 5.92 Å². The van der Waals surface area contributed by atoms with Gasteiger partial charge >= 0.3 is 0 Å². The highest BCUT2D eigenvalue weighted by molar-refractivity contribution is 7.91. The molecule has 1 aromatic rings. The molecule has 0 bridgehead atoms. The van der Waals surface area contributed by atoms with Crippen molar-refractivity contribution in [1.29, 1.82) is 0 Å². The molecule has 0 saturated heterocycles. The Hall–Kier alpha value is -0.870. The standard InChI is InChI=1S/C17H25NO2S/c19-21(20)13-11-16(15-8-4-5-9-17(15)21)18-12-10-14-6-2-1-3-7-14/h4-5,8-9,14,16,18H,1-3,6-7,10-13H2. The summed E-state index contributed by atoms with van der Waals surface area (Å²) >= 11 is 0. The summed E-state index contributed by atoms with van der Waals surface area (Å²) in [5.41, 5.74) is 0.965. The van der Waals surface area contributed by atoms with Gasteiger partial charge in [-0.1, -0.05) is 50.3 Å². The second kappa shape index (κ2) is 6.49. The molecule has 3 nitrogen and oxygen atoms in total. The second-order valence-electron chi connectivity index (χ2n) is 6.44. The molecule has 1 heterocycles. The van der Waals surface area contributed by atoms with Gasteiger partial charge in [0, 0.05) is 6.04 Å². The lowest BCUT2D eigenvalue weighted by atomic mass is 9.87. The summed E-state index contributed by atoms with van der Waals surface area (Å²) in [5.74, 6) is 1.14. The van der Waals surface area contributed by atoms with E-state index in [-0.39, 0.29) is 11.8 Å². The smallest absolute Gasteiger partial charge is 0.178 e. The van der Waals surface area contributed by atoms with Gasteiger partial charge in [-0.15, -0.1) is 0 Å². The fourth-order valence-corrected chi connectivity index (χ4v) is 5.36. The van der Waals surface area contributed by atoms with E-state index >= 15 is 0 Å². The molecule has 1 aliphatic heterocycles. The van der Waals surface area contributed by atoms with Crippen LogP contribution in [0.25, 0.3) is 0 Å². The summed E-state index contributed by atoms with van der Waals surface area (Å²) in [7, 11) is -3.06. The van der Waals surface area contributed by atoms with E-state index in [1.165, 1.54) is 38.5 Å². The molecule has 0 spiro atoms. The number of benzene rings is 1. The van der Waals surface area contributed by atoms with Crippen LogP contribution in [0.5, 0.6) is 0 Å². The number of hydrogen-bond acceptors (Lipinski definition) is 3. The van der Waals surface area contributed by atoms with E-state index in [1.807, 2.05) is 18.2 Å². The van der Waals surface area contributed by atoms with Gasteiger partial charge in [0.2, 0.25) is 0 Å². The number of rotatable bonds is 4. The number of hydrogen-bond donors (Lipinski definition) is 1. The first kappa shape index (κ1) is 15.0. The molecule has 1 fully saturated rings. The van der Waals surface area contributed by atoms with E-state index in [0.29, 0.717) is 11.3 Å². The molecule has 1 N–H and O–H groups in total. The van der Waals surface area contributed by atoms with E-state index in [2.05, 4.69) is 5.32 Å². The molecule has 116 valence electrons. The van der Waals surface area contributed by atoms with Crippen LogP contribution in [0.1, 0.15) is 56.6 Å². The first-order valence-electron chi connectivity index (χ1n) is 8.22. The first-order chi connectivity index (χ1) is 10.2. The zero-order valence-electron chi connectivity index (χ0n) is 12.6. The van der Waals surface area contributed by atoms with Crippen molar-refractivity contribution in [2.45, 2.75) is 55.9 Å². The maximum atomic E-state index is 12.1. The lowest BCUT2D eigenvalue weighted by Crippen LogP contribution is -2.31. The fourth-order valence-electron chi connectivity index (χ4n) is 3.74. The summed E-state index contributed by atoms with van der Waals surface area (Å²) in [6, 6.07) is 7.67. The average molecular weight is 307 g/mol. The summed E-state index contributed by atoms with van der Waals surface area (Å²) in [4.78, 5) is 0.534. The topological polar surface area (TPSA) is 46.2 Å². The van der Waals surface area contributed by atoms with Gasteiger partial charge < -0.3 is 5.32 Å². The van der Waals surface area contributed by atoms with Crippen molar-refractivity contribution >= 4 is 9.84 Å². The molecule has 21 heavy (non-hydrogen) atoms. The van der Waals surface area contributed by atoms with Crippen molar-refractivity contribution < 1.29 is 8.42 Å². The monoisotopic (exact) mass is 307 g/mol. The van der Waals surface area contributed by atoms with Crippen LogP contribution in [-0.4, -0.2) is 20.7 Å². The third-order valence-electron chi connectivity index (χ3n) is 4.97. The first-order valence-corrected chi connectivity index (χ1v) is 9.87. The third-order valence-corrected chi connectivity index (χ3v) is 6.79. The molecule has 1 aliphatic carbocycles. The second-order valence-corrected chi connectivity index (χ2v) is 8.52. The minimum atomic E-state index is -3.06. The molecular weight excluding hydrogens is 282 g/mol. The van der Waals surface area contributed by atoms with Crippen molar-refractivity contribution in [2.75, 3.05) is 12.3 Å². The molecule has 3 rings (SSSR count). The number of fused-ring (bicyclic) bond motifs is 1. The van der Waals surface area contributed by atoms with Crippen LogP contribution in [0, 0.1) is 5.92 Å². The van der Waals surface area contributed by atoms with Crippen molar-refractivity contribution in [1.82, 2.24) is 5.32 Å². The predicted octanol–water partition coefficient (Wildman–Crippen LogP) is 3.47. The molecule has 2 aliphatic rings. The maximum absolute atomic E-state index is 12.1. The van der Waals surface area contributed by atoms with E-state index in [9.17, 15) is 8.42 Å². The van der Waals surface area contributed by atoms with Gasteiger partial charge in [-0.2, -0.15) is 0 Å². The molecule has 1 atom stereocenters. The Morgan fingerprint density at radius 2 is 1.81 bits per heavy atom. The molecule has 1 saturated carbocycles. The molecular formula is C17H25NO2S. The van der Waals surface area contributed by atoms with Crippen LogP contribution in [0.15, 0.2) is 29.2 Å². The zero-order valence-corrected chi connectivity index (χ0v) is 13.4. The zero-order chi connectivity index (χ0) is 14.7. The Labute approximate surface area is 128 Å². The highest BCUT2D eigenvalue weighted by Crippen LogP contribution is 2.32. The van der Waals surface area contributed by atoms with Crippen LogP contribution in [0.3, 0.4) is 0 Å². The molecule has 4 heteroatoms. The lowest BCUT2D eigenvalue weighted by molar-refractivity contribution is 0.326. The van der Waals surface area contributed by atoms with E-state index in [4.69, 9.17) is 0 Å². The Morgan fingerprint density at radius 1 is 1.05 bits per heavy atom. The van der Waals surface area contributed by atoms with Crippen LogP contribution < -0.4 is 5.32 Å². The summed E-state index contributed by atoms with van der Waals surface area (Å²) in [6.45, 7) is 1.00. The SMILES string of the molecule is O=S1(=O)CCC(NCCC2CCCCC2)c2ccccc21. The van der Waals surface area contributed by atoms with E-state index in [1.54, 1.807) is 6.07 Å². The Balaban J connectivity index is 1.61. The van der Waals surface area contributed by atoms with E-state index < -0.39 is 9.84 Å². The summed E-state index contributed by atoms with van der Waals surface area (Å²) in [6.07, 6.45) is 8.84. The normalized spacial score (nSPS) is 25.4. The Kier molecular flexibility index (Phi) is 4.65. The van der Waals surface area contributed by atoms with Gasteiger partial charge in [0.1, 0.15) is 0 Å². The summed E-state index contributed by atoms with van der Waals surface area (Å²) < 4.78 is 24.2. The third kappa shape index (κ3) is 3.49. The van der Waals surface area contributed by atoms with Crippen LogP contribution in [0.4, 0.5) is 0 Å². The maximum Gasteiger partial charge on any atom is 0.178 e. The van der Waals surface area contributed by atoms with Gasteiger partial charge in [-0.05, 0) is 36.9 Å². The van der Waals surface area contributed by atoms with Crippen LogP contribution in [-0.2, 0) is 9.84 Å². The minimum Gasteiger partial charge on any atom is -0.310 e. The Bertz CT molecular complexity index is 576. The van der Waals surface area contributed by atoms with Crippen molar-refractivity contribution in [3.8, 4) is 0 Å². The highest BCUT2D eigenvalue weighted by Gasteiger charge is 2.29. The molecule has 1 aromatic carbocycles. The highest BCUT2D eigenvalue weighted by atomic mass is 32.2. The van der Waals surface area contributed by atoms with Gasteiger partial charge in [-0.25, -0.2) is 8.42 Å². The largest absolute Gasteiger partial charge is 0.310 e. The van der Waals surface area contributed by atoms with Gasteiger partial charge in [0.15, 0.2) is 9.84 Å². The predicted molar refractivity (Wildman–Crippen MR) is 85.0 cm³/mol. The van der Waals surface area contributed by atoms with Gasteiger partial charge in [0.25, 0.3) is 0 Å². The minimum absolute atomic E-state index is 0.202. The van der Waals surface area contributed by atoms with Crippen molar-refractivity contribution in [3.63, 3.8) is 0 Å². The molecule has 0 amide bonds. The lowest BCUT2D eigenvalue weighted by Gasteiger charge is -2.28. The molecule has 0 radical (unpaired) electrons. The number of nitrogens with one attached hydrogen (secondary N) is 1. The van der Waals surface area contributed by atoms with Gasteiger partial charge in [-0.3, -0.25) is 0 Å². The van der Waals surface area contributed by atoms with E-state index in [0.717, 1.165) is 18.0 Å². The summed E-state index contributed by atoms with van der Waals surface area (Å²) in [5, 5.41) is 3.60. The van der Waals surface area contributed by atoms with Crippen LogP contribution in [0.2, 0.25) is 0 Å². The van der Waals surface area contributed by atoms with Crippen LogP contribution >= 0.6 is 0 Å². The average Bonchev–Trinajstić information content (AvgIpc) is 2.51. The fraction of sp³-hybridized carbons (Fsp3) is 0.647. The number of sulfone groups is 1. The molecule has 1 unspecified atom stereocenters. The van der Waals surface area contributed by atoms with Gasteiger partial charge in [0.05, 0.1) is 10.6 Å². The quantitative estimate of drug-likeness (QED) is 0.926.